The summed E-state index contributed by atoms with van der Waals surface area (Å²) in [7, 11) is -10.1. The summed E-state index contributed by atoms with van der Waals surface area (Å²) in [5, 5.41) is 12.0. The minimum atomic E-state index is -10.1. The molecule has 2 aromatic rings. The second kappa shape index (κ2) is 9.55. The maximum atomic E-state index is 14.2. The fraction of sp³-hybridized carbons (Fsp3) is 0.440. The molecular weight excluding hydrogens is 586 g/mol. The number of benzene rings is 1. The van der Waals surface area contributed by atoms with E-state index in [0.717, 1.165) is 18.5 Å². The van der Waals surface area contributed by atoms with Crippen molar-refractivity contribution in [3.05, 3.63) is 54.1 Å². The summed E-state index contributed by atoms with van der Waals surface area (Å²) in [4.78, 5) is 29.5. The Balaban J connectivity index is 1.81. The Labute approximate surface area is 229 Å². The fourth-order valence-corrected chi connectivity index (χ4v) is 5.62. The summed E-state index contributed by atoms with van der Waals surface area (Å²) in [5.41, 5.74) is 3.58. The standard InChI is InChI=1S/C25H25F8N5O2S/c26-16-11-15(12-36-13-16)21(22(39)37-17-5-9-25(27,28)10-6-17)38(23(40)20-7-8-24(20,35)14-34)18-1-3-19(4-2-18)41(29,30,31,32)33/h1-4,11-13,17,20-21H,5-10,35H2,(H,37,39). The molecule has 3 atom stereocenters. The summed E-state index contributed by atoms with van der Waals surface area (Å²) < 4.78 is 109. The van der Waals surface area contributed by atoms with Gasteiger partial charge in [-0.3, -0.25) is 19.5 Å². The molecule has 0 radical (unpaired) electrons. The van der Waals surface area contributed by atoms with Gasteiger partial charge in [0.05, 0.1) is 18.2 Å². The number of nitrogens with two attached hydrogens (primary N) is 1. The number of carbonyl (C=O) groups excluding carboxylic acids is 2. The van der Waals surface area contributed by atoms with Crippen LogP contribution < -0.4 is 16.0 Å². The number of hydrogen-bond acceptors (Lipinski definition) is 5. The quantitative estimate of drug-likeness (QED) is 0.358. The Bertz CT molecular complexity index is 1390. The number of amides is 2. The minimum absolute atomic E-state index is 0.0416. The SMILES string of the molecule is N#CC1(N)CCC1C(=O)N(c1ccc(S(F)(F)(F)(F)F)cc1)C(C(=O)NC1CCC(F)(F)CC1)c1cncc(F)c1. The van der Waals surface area contributed by atoms with Crippen molar-refractivity contribution in [2.24, 2.45) is 11.7 Å². The Morgan fingerprint density at radius 3 is 2.15 bits per heavy atom. The molecular formula is C25H25F8N5O2S. The van der Waals surface area contributed by atoms with Crippen molar-refractivity contribution >= 4 is 27.7 Å². The van der Waals surface area contributed by atoms with Gasteiger partial charge in [-0.15, -0.1) is 0 Å². The first-order valence-electron chi connectivity index (χ1n) is 12.4. The maximum Gasteiger partial charge on any atom is 0.310 e. The molecule has 224 valence electrons. The largest absolute Gasteiger partial charge is 0.351 e. The van der Waals surface area contributed by atoms with Gasteiger partial charge >= 0.3 is 10.2 Å². The molecule has 2 aliphatic carbocycles. The Morgan fingerprint density at radius 2 is 1.66 bits per heavy atom. The van der Waals surface area contributed by atoms with Gasteiger partial charge in [-0.05, 0) is 56.0 Å². The number of nitrogens with zero attached hydrogens (tertiary/aromatic N) is 3. The molecule has 1 aromatic carbocycles. The van der Waals surface area contributed by atoms with Crippen LogP contribution in [-0.2, 0) is 9.59 Å². The van der Waals surface area contributed by atoms with E-state index in [1.54, 1.807) is 6.07 Å². The van der Waals surface area contributed by atoms with Crippen LogP contribution >= 0.6 is 10.2 Å². The van der Waals surface area contributed by atoms with Crippen LogP contribution in [0.5, 0.6) is 0 Å². The highest BCUT2D eigenvalue weighted by atomic mass is 32.5. The number of alkyl halides is 2. The fourth-order valence-electron chi connectivity index (χ4n) is 4.97. The van der Waals surface area contributed by atoms with E-state index < -0.39 is 80.7 Å². The summed E-state index contributed by atoms with van der Waals surface area (Å²) in [5.74, 6) is -7.18. The van der Waals surface area contributed by atoms with Crippen molar-refractivity contribution in [1.82, 2.24) is 10.3 Å². The molecule has 1 heterocycles. The molecule has 1 aromatic heterocycles. The van der Waals surface area contributed by atoms with E-state index in [-0.39, 0.29) is 43.4 Å². The molecule has 4 rings (SSSR count). The van der Waals surface area contributed by atoms with E-state index in [9.17, 15) is 47.5 Å². The lowest BCUT2D eigenvalue weighted by atomic mass is 9.67. The van der Waals surface area contributed by atoms with Gasteiger partial charge in [-0.2, -0.15) is 5.26 Å². The Kier molecular flexibility index (Phi) is 7.11. The van der Waals surface area contributed by atoms with Crippen LogP contribution in [0.1, 0.15) is 50.1 Å². The van der Waals surface area contributed by atoms with E-state index in [2.05, 4.69) is 10.3 Å². The third kappa shape index (κ3) is 6.56. The van der Waals surface area contributed by atoms with Crippen LogP contribution in [0.3, 0.4) is 0 Å². The van der Waals surface area contributed by atoms with Crippen molar-refractivity contribution in [2.45, 2.75) is 67.0 Å². The van der Waals surface area contributed by atoms with Crippen LogP contribution in [-0.4, -0.2) is 34.3 Å². The number of anilines is 1. The number of halogens is 8. The lowest BCUT2D eigenvalue weighted by molar-refractivity contribution is -0.132. The molecule has 3 N–H and O–H groups in total. The lowest BCUT2D eigenvalue weighted by Gasteiger charge is -2.44. The van der Waals surface area contributed by atoms with Gasteiger partial charge in [0.1, 0.15) is 22.3 Å². The maximum absolute atomic E-state index is 14.2. The molecule has 2 amide bonds. The van der Waals surface area contributed by atoms with Crippen LogP contribution in [0.4, 0.5) is 38.3 Å². The van der Waals surface area contributed by atoms with E-state index in [4.69, 9.17) is 5.73 Å². The molecule has 0 spiro atoms. The number of aromatic nitrogens is 1. The topological polar surface area (TPSA) is 112 Å². The average molecular weight is 612 g/mol. The van der Waals surface area contributed by atoms with Crippen LogP contribution in [0.25, 0.3) is 0 Å². The predicted octanol–water partition coefficient (Wildman–Crippen LogP) is 6.28. The zero-order valence-corrected chi connectivity index (χ0v) is 22.0. The summed E-state index contributed by atoms with van der Waals surface area (Å²) in [6.45, 7) is 0. The number of carbonyl (C=O) groups is 2. The predicted molar refractivity (Wildman–Crippen MR) is 133 cm³/mol. The third-order valence-corrected chi connectivity index (χ3v) is 8.55. The highest BCUT2D eigenvalue weighted by molar-refractivity contribution is 8.45. The minimum Gasteiger partial charge on any atom is -0.351 e. The number of rotatable bonds is 7. The van der Waals surface area contributed by atoms with E-state index >= 15 is 0 Å². The molecule has 2 fully saturated rings. The third-order valence-electron chi connectivity index (χ3n) is 7.38. The number of nitrogens with one attached hydrogen (secondary N) is 1. The summed E-state index contributed by atoms with van der Waals surface area (Å²) >= 11 is 0. The number of hydrogen-bond donors (Lipinski definition) is 2. The van der Waals surface area contributed by atoms with Gasteiger partial charge in [-0.25, -0.2) is 13.2 Å². The molecule has 3 unspecified atom stereocenters. The summed E-state index contributed by atoms with van der Waals surface area (Å²) in [6.07, 6.45) is 0.564. The van der Waals surface area contributed by atoms with E-state index in [1.165, 1.54) is 0 Å². The first-order valence-corrected chi connectivity index (χ1v) is 14.3. The molecule has 16 heteroatoms. The van der Waals surface area contributed by atoms with Crippen molar-refractivity contribution in [1.29, 1.82) is 5.26 Å². The lowest BCUT2D eigenvalue weighted by Crippen LogP contribution is -2.61. The monoisotopic (exact) mass is 611 g/mol. The highest BCUT2D eigenvalue weighted by Crippen LogP contribution is 3.02. The van der Waals surface area contributed by atoms with Gasteiger partial charge in [0.2, 0.25) is 17.7 Å². The average Bonchev–Trinajstić information content (AvgIpc) is 2.85. The smallest absolute Gasteiger partial charge is 0.310 e. The van der Waals surface area contributed by atoms with Gasteiger partial charge in [0.25, 0.3) is 0 Å². The summed E-state index contributed by atoms with van der Waals surface area (Å²) in [6, 6.07) is 1.16. The van der Waals surface area contributed by atoms with Crippen molar-refractivity contribution in [3.8, 4) is 6.07 Å². The van der Waals surface area contributed by atoms with Crippen LogP contribution in [0.15, 0.2) is 47.6 Å². The van der Waals surface area contributed by atoms with Gasteiger partial charge in [-0.1, -0.05) is 19.4 Å². The first kappa shape index (κ1) is 30.5. The normalized spacial score (nSPS) is 25.0. The molecule has 0 saturated heterocycles. The molecule has 41 heavy (non-hydrogen) atoms. The second-order valence-corrected chi connectivity index (χ2v) is 12.8. The van der Waals surface area contributed by atoms with Crippen LogP contribution in [0, 0.1) is 23.1 Å². The number of nitriles is 1. The van der Waals surface area contributed by atoms with Crippen molar-refractivity contribution in [2.75, 3.05) is 4.90 Å². The molecule has 0 bridgehead atoms. The molecule has 2 saturated carbocycles. The number of pyridine rings is 1. The highest BCUT2D eigenvalue weighted by Gasteiger charge is 2.65. The molecule has 7 nitrogen and oxygen atoms in total. The van der Waals surface area contributed by atoms with Crippen molar-refractivity contribution < 1.29 is 42.2 Å². The van der Waals surface area contributed by atoms with E-state index in [0.29, 0.717) is 17.0 Å². The van der Waals surface area contributed by atoms with Gasteiger partial charge in [0.15, 0.2) is 0 Å². The Morgan fingerprint density at radius 1 is 1.05 bits per heavy atom. The van der Waals surface area contributed by atoms with Crippen LogP contribution in [0.2, 0.25) is 0 Å². The zero-order chi connectivity index (χ0) is 30.5. The van der Waals surface area contributed by atoms with E-state index in [1.807, 2.05) is 0 Å². The molecule has 0 aliphatic heterocycles. The Hall–Kier alpha value is -3.45. The van der Waals surface area contributed by atoms with Gasteiger partial charge in [0, 0.05) is 36.3 Å². The molecule has 2 aliphatic rings. The second-order valence-electron chi connectivity index (χ2n) is 10.4. The zero-order valence-electron chi connectivity index (χ0n) is 21.2. The van der Waals surface area contributed by atoms with Gasteiger partial charge < -0.3 is 11.1 Å². The van der Waals surface area contributed by atoms with Crippen molar-refractivity contribution in [3.63, 3.8) is 0 Å². The first-order chi connectivity index (χ1) is 18.7.